The number of nitriles is 1. The van der Waals surface area contributed by atoms with Gasteiger partial charge in [-0.3, -0.25) is 0 Å². The van der Waals surface area contributed by atoms with Crippen LogP contribution in [0.15, 0.2) is 36.4 Å². The normalized spacial score (nSPS) is 18.9. The van der Waals surface area contributed by atoms with Crippen molar-refractivity contribution in [3.63, 3.8) is 0 Å². The molecule has 2 aromatic rings. The second-order valence-electron chi connectivity index (χ2n) is 6.37. The lowest BCUT2D eigenvalue weighted by atomic mass is 9.81. The summed E-state index contributed by atoms with van der Waals surface area (Å²) in [5, 5.41) is 21.6. The van der Waals surface area contributed by atoms with Crippen molar-refractivity contribution in [3.05, 3.63) is 64.1 Å². The molecule has 0 bridgehead atoms. The van der Waals surface area contributed by atoms with Crippen LogP contribution in [-0.2, 0) is 0 Å². The first-order valence-electron chi connectivity index (χ1n) is 7.33. The highest BCUT2D eigenvalue weighted by molar-refractivity contribution is 5.48. The molecule has 0 spiro atoms. The van der Waals surface area contributed by atoms with Gasteiger partial charge in [0.1, 0.15) is 11.4 Å². The Morgan fingerprint density at radius 2 is 2.09 bits per heavy atom. The Morgan fingerprint density at radius 1 is 1.32 bits per heavy atom. The van der Waals surface area contributed by atoms with Gasteiger partial charge in [-0.15, -0.1) is 0 Å². The van der Waals surface area contributed by atoms with E-state index in [1.165, 1.54) is 0 Å². The van der Waals surface area contributed by atoms with E-state index in [1.54, 1.807) is 19.1 Å². The maximum absolute atomic E-state index is 12.5. The molecular formula is C18H18N2O2. The number of benzene rings is 1. The van der Waals surface area contributed by atoms with Crippen LogP contribution in [0.5, 0.6) is 5.75 Å². The fourth-order valence-corrected chi connectivity index (χ4v) is 3.07. The molecule has 4 heteroatoms. The molecular weight excluding hydrogens is 276 g/mol. The van der Waals surface area contributed by atoms with Crippen LogP contribution in [0.2, 0.25) is 0 Å². The lowest BCUT2D eigenvalue weighted by Crippen LogP contribution is -2.42. The summed E-state index contributed by atoms with van der Waals surface area (Å²) in [7, 11) is 0. The van der Waals surface area contributed by atoms with Gasteiger partial charge in [-0.1, -0.05) is 0 Å². The quantitative estimate of drug-likeness (QED) is 0.599. The predicted molar refractivity (Wildman–Crippen MR) is 82.5 cm³/mol. The molecule has 1 aliphatic rings. The smallest absolute Gasteiger partial charge is 0.200 e. The molecule has 4 nitrogen and oxygen atoms in total. The van der Waals surface area contributed by atoms with E-state index in [0.717, 1.165) is 16.0 Å². The van der Waals surface area contributed by atoms with Crippen LogP contribution in [-0.4, -0.2) is 5.60 Å². The van der Waals surface area contributed by atoms with Crippen LogP contribution >= 0.6 is 0 Å². The summed E-state index contributed by atoms with van der Waals surface area (Å²) in [5.41, 5.74) is 2.50. The fourth-order valence-electron chi connectivity index (χ4n) is 3.07. The standard InChI is InChI=1S/C18H18N2O2/c1-12-5-4-6-16(20(12)21)15-10-18(2,3)22-17-8-7-13(11-19)9-14(15)17/h4-9,15H,10H2,1-3H3. The number of fused-ring (bicyclic) bond motifs is 1. The highest BCUT2D eigenvalue weighted by Gasteiger charge is 2.38. The zero-order chi connectivity index (χ0) is 15.9. The number of rotatable bonds is 1. The van der Waals surface area contributed by atoms with E-state index < -0.39 is 0 Å². The lowest BCUT2D eigenvalue weighted by Gasteiger charge is -2.36. The van der Waals surface area contributed by atoms with Crippen molar-refractivity contribution in [3.8, 4) is 11.8 Å². The summed E-state index contributed by atoms with van der Waals surface area (Å²) in [5.74, 6) is 0.672. The maximum atomic E-state index is 12.5. The second kappa shape index (κ2) is 5.03. The van der Waals surface area contributed by atoms with Gasteiger partial charge in [-0.05, 0) is 38.1 Å². The molecule has 1 aliphatic heterocycles. The van der Waals surface area contributed by atoms with Gasteiger partial charge in [0.05, 0.1) is 17.6 Å². The molecule has 2 heterocycles. The first-order chi connectivity index (χ1) is 10.4. The van der Waals surface area contributed by atoms with Gasteiger partial charge in [0, 0.05) is 31.0 Å². The molecule has 0 N–H and O–H groups in total. The Hall–Kier alpha value is -2.54. The second-order valence-corrected chi connectivity index (χ2v) is 6.37. The fraction of sp³-hybridized carbons (Fsp3) is 0.333. The molecule has 1 aromatic heterocycles. The van der Waals surface area contributed by atoms with Gasteiger partial charge in [-0.2, -0.15) is 9.99 Å². The average molecular weight is 294 g/mol. The van der Waals surface area contributed by atoms with E-state index in [0.29, 0.717) is 23.4 Å². The average Bonchev–Trinajstić information content (AvgIpc) is 2.48. The first-order valence-corrected chi connectivity index (χ1v) is 7.33. The van der Waals surface area contributed by atoms with Crippen LogP contribution in [0.4, 0.5) is 0 Å². The van der Waals surface area contributed by atoms with Gasteiger partial charge in [0.2, 0.25) is 5.69 Å². The molecule has 0 saturated carbocycles. The molecule has 0 aliphatic carbocycles. The molecule has 22 heavy (non-hydrogen) atoms. The molecule has 0 amide bonds. The van der Waals surface area contributed by atoms with Gasteiger partial charge in [0.15, 0.2) is 5.69 Å². The minimum absolute atomic E-state index is 0.0792. The molecule has 112 valence electrons. The third kappa shape index (κ3) is 2.39. The zero-order valence-corrected chi connectivity index (χ0v) is 13.0. The maximum Gasteiger partial charge on any atom is 0.200 e. The molecule has 3 rings (SSSR count). The van der Waals surface area contributed by atoms with E-state index in [1.807, 2.05) is 38.1 Å². The van der Waals surface area contributed by atoms with Crippen LogP contribution in [0, 0.1) is 23.5 Å². The number of hydrogen-bond donors (Lipinski definition) is 0. The minimum atomic E-state index is -0.359. The van der Waals surface area contributed by atoms with E-state index in [2.05, 4.69) is 6.07 Å². The summed E-state index contributed by atoms with van der Waals surface area (Å²) in [6.45, 7) is 5.84. The van der Waals surface area contributed by atoms with E-state index >= 15 is 0 Å². The molecule has 1 atom stereocenters. The van der Waals surface area contributed by atoms with Crippen LogP contribution in [0.1, 0.15) is 48.7 Å². The van der Waals surface area contributed by atoms with Crippen LogP contribution in [0.25, 0.3) is 0 Å². The van der Waals surface area contributed by atoms with Crippen molar-refractivity contribution in [2.45, 2.75) is 38.7 Å². The van der Waals surface area contributed by atoms with Crippen molar-refractivity contribution in [1.29, 1.82) is 5.26 Å². The summed E-state index contributed by atoms with van der Waals surface area (Å²) in [6, 6.07) is 13.1. The number of pyridine rings is 1. The largest absolute Gasteiger partial charge is 0.618 e. The molecule has 0 saturated heterocycles. The van der Waals surface area contributed by atoms with Crippen molar-refractivity contribution in [1.82, 2.24) is 0 Å². The highest BCUT2D eigenvalue weighted by atomic mass is 16.5. The summed E-state index contributed by atoms with van der Waals surface area (Å²) < 4.78 is 7.00. The van der Waals surface area contributed by atoms with Crippen molar-refractivity contribution in [2.24, 2.45) is 0 Å². The van der Waals surface area contributed by atoms with E-state index in [-0.39, 0.29) is 11.5 Å². The van der Waals surface area contributed by atoms with E-state index in [4.69, 9.17) is 10.00 Å². The Labute approximate surface area is 130 Å². The number of aryl methyl sites for hydroxylation is 1. The number of ether oxygens (including phenoxy) is 1. The van der Waals surface area contributed by atoms with Crippen molar-refractivity contribution >= 4 is 0 Å². The molecule has 1 unspecified atom stereocenters. The number of hydrogen-bond acceptors (Lipinski definition) is 3. The van der Waals surface area contributed by atoms with Gasteiger partial charge in [-0.25, -0.2) is 0 Å². The van der Waals surface area contributed by atoms with Crippen LogP contribution in [0.3, 0.4) is 0 Å². The van der Waals surface area contributed by atoms with Crippen molar-refractivity contribution < 1.29 is 9.47 Å². The Bertz CT molecular complexity index is 775. The zero-order valence-electron chi connectivity index (χ0n) is 13.0. The Morgan fingerprint density at radius 3 is 2.82 bits per heavy atom. The predicted octanol–water partition coefficient (Wildman–Crippen LogP) is 3.19. The first kappa shape index (κ1) is 14.4. The number of nitrogens with zero attached hydrogens (tertiary/aromatic N) is 2. The van der Waals surface area contributed by atoms with Gasteiger partial charge >= 0.3 is 0 Å². The van der Waals surface area contributed by atoms with Gasteiger partial charge < -0.3 is 9.94 Å². The number of aromatic nitrogens is 1. The lowest BCUT2D eigenvalue weighted by molar-refractivity contribution is -0.622. The Balaban J connectivity index is 2.20. The molecule has 0 fully saturated rings. The van der Waals surface area contributed by atoms with Crippen molar-refractivity contribution in [2.75, 3.05) is 0 Å². The van der Waals surface area contributed by atoms with Gasteiger partial charge in [0.25, 0.3) is 0 Å². The van der Waals surface area contributed by atoms with E-state index in [9.17, 15) is 5.21 Å². The summed E-state index contributed by atoms with van der Waals surface area (Å²) in [6.07, 6.45) is 0.695. The molecule has 0 radical (unpaired) electrons. The topological polar surface area (TPSA) is 60.0 Å². The summed E-state index contributed by atoms with van der Waals surface area (Å²) in [4.78, 5) is 0. The minimum Gasteiger partial charge on any atom is -0.618 e. The third-order valence-corrected chi connectivity index (χ3v) is 4.11. The third-order valence-electron chi connectivity index (χ3n) is 4.11. The SMILES string of the molecule is Cc1cccc(C2CC(C)(C)Oc3ccc(C#N)cc32)[n+]1[O-]. The Kier molecular flexibility index (Phi) is 3.29. The highest BCUT2D eigenvalue weighted by Crippen LogP contribution is 2.43. The molecule has 1 aromatic carbocycles. The van der Waals surface area contributed by atoms with Crippen LogP contribution < -0.4 is 9.47 Å². The summed E-state index contributed by atoms with van der Waals surface area (Å²) >= 11 is 0. The monoisotopic (exact) mass is 294 g/mol.